The summed E-state index contributed by atoms with van der Waals surface area (Å²) in [6.45, 7) is 4.01. The summed E-state index contributed by atoms with van der Waals surface area (Å²) in [6, 6.07) is 18.3. The summed E-state index contributed by atoms with van der Waals surface area (Å²) in [7, 11) is 0. The Kier molecular flexibility index (Phi) is 4.35. The highest BCUT2D eigenvalue weighted by molar-refractivity contribution is 5.71. The van der Waals surface area contributed by atoms with Gasteiger partial charge in [0.15, 0.2) is 0 Å². The first-order valence-corrected chi connectivity index (χ1v) is 6.48. The quantitative estimate of drug-likeness (QED) is 0.769. The van der Waals surface area contributed by atoms with E-state index in [1.807, 2.05) is 56.3 Å². The topological polar surface area (TPSA) is 26.3 Å². The number of carbonyl (C=O) groups is 1. The van der Waals surface area contributed by atoms with Gasteiger partial charge in [-0.15, -0.1) is 0 Å². The predicted molar refractivity (Wildman–Crippen MR) is 76.5 cm³/mol. The molecular weight excluding hydrogens is 236 g/mol. The molecule has 2 heteroatoms. The van der Waals surface area contributed by atoms with Crippen LogP contribution in [0.3, 0.4) is 0 Å². The van der Waals surface area contributed by atoms with E-state index in [1.165, 1.54) is 11.1 Å². The number of ether oxygens (including phenoxy) is 1. The molecule has 2 aromatic carbocycles. The van der Waals surface area contributed by atoms with E-state index in [0.717, 1.165) is 5.56 Å². The Hall–Kier alpha value is -2.09. The third-order valence-electron chi connectivity index (χ3n) is 2.91. The van der Waals surface area contributed by atoms with Crippen LogP contribution >= 0.6 is 0 Å². The van der Waals surface area contributed by atoms with Gasteiger partial charge in [-0.2, -0.15) is 0 Å². The van der Waals surface area contributed by atoms with E-state index >= 15 is 0 Å². The van der Waals surface area contributed by atoms with Gasteiger partial charge in [-0.1, -0.05) is 68.4 Å². The summed E-state index contributed by atoms with van der Waals surface area (Å²) in [6.07, 6.45) is 0. The van der Waals surface area contributed by atoms with Crippen LogP contribution in [0.2, 0.25) is 0 Å². The van der Waals surface area contributed by atoms with Crippen LogP contribution in [0.25, 0.3) is 11.1 Å². The van der Waals surface area contributed by atoms with Crippen LogP contribution in [0.1, 0.15) is 19.4 Å². The molecule has 0 aliphatic rings. The van der Waals surface area contributed by atoms with Crippen molar-refractivity contribution in [1.29, 1.82) is 0 Å². The van der Waals surface area contributed by atoms with Crippen molar-refractivity contribution in [3.63, 3.8) is 0 Å². The van der Waals surface area contributed by atoms with E-state index in [9.17, 15) is 4.79 Å². The number of rotatable bonds is 4. The van der Waals surface area contributed by atoms with Gasteiger partial charge in [0.25, 0.3) is 0 Å². The van der Waals surface area contributed by atoms with Crippen molar-refractivity contribution >= 4 is 5.97 Å². The van der Waals surface area contributed by atoms with Gasteiger partial charge in [-0.05, 0) is 16.7 Å². The monoisotopic (exact) mass is 254 g/mol. The van der Waals surface area contributed by atoms with E-state index in [1.54, 1.807) is 0 Å². The number of carbonyl (C=O) groups excluding carboxylic acids is 1. The van der Waals surface area contributed by atoms with E-state index in [0.29, 0.717) is 6.61 Å². The molecule has 0 saturated carbocycles. The molecule has 0 aromatic heterocycles. The zero-order valence-electron chi connectivity index (χ0n) is 11.3. The minimum Gasteiger partial charge on any atom is -0.461 e. The summed E-state index contributed by atoms with van der Waals surface area (Å²) in [5.41, 5.74) is 3.36. The van der Waals surface area contributed by atoms with Crippen molar-refractivity contribution in [2.75, 3.05) is 0 Å². The molecule has 0 bridgehead atoms. The summed E-state index contributed by atoms with van der Waals surface area (Å²) < 4.78 is 5.20. The minimum atomic E-state index is -0.160. The van der Waals surface area contributed by atoms with Crippen molar-refractivity contribution in [2.45, 2.75) is 20.5 Å². The number of benzene rings is 2. The minimum absolute atomic E-state index is 0.0800. The normalized spacial score (nSPS) is 10.5. The molecule has 0 fully saturated rings. The zero-order chi connectivity index (χ0) is 13.7. The molecule has 0 aliphatic carbocycles. The summed E-state index contributed by atoms with van der Waals surface area (Å²) in [4.78, 5) is 11.4. The van der Waals surface area contributed by atoms with Crippen LogP contribution in [0, 0.1) is 5.92 Å². The fourth-order valence-electron chi connectivity index (χ4n) is 1.75. The molecule has 98 valence electrons. The molecule has 19 heavy (non-hydrogen) atoms. The van der Waals surface area contributed by atoms with E-state index in [2.05, 4.69) is 12.1 Å². The van der Waals surface area contributed by atoms with Gasteiger partial charge < -0.3 is 4.74 Å². The van der Waals surface area contributed by atoms with Crippen LogP contribution in [0.5, 0.6) is 0 Å². The van der Waals surface area contributed by atoms with Crippen molar-refractivity contribution in [2.24, 2.45) is 5.92 Å². The molecule has 2 rings (SSSR count). The number of hydrogen-bond acceptors (Lipinski definition) is 2. The standard InChI is InChI=1S/C17H18O2/c1-13(2)17(18)19-12-14-8-10-16(11-9-14)15-6-4-3-5-7-15/h3-11,13H,12H2,1-2H3. The smallest absolute Gasteiger partial charge is 0.308 e. The van der Waals surface area contributed by atoms with E-state index in [4.69, 9.17) is 4.74 Å². The van der Waals surface area contributed by atoms with Crippen molar-refractivity contribution in [3.05, 3.63) is 60.2 Å². The first-order chi connectivity index (χ1) is 9.16. The third kappa shape index (κ3) is 3.68. The Labute approximate surface area is 114 Å². The lowest BCUT2D eigenvalue weighted by Crippen LogP contribution is -2.11. The Bertz CT molecular complexity index is 527. The maximum Gasteiger partial charge on any atom is 0.308 e. The zero-order valence-corrected chi connectivity index (χ0v) is 11.3. The van der Waals surface area contributed by atoms with Gasteiger partial charge in [-0.25, -0.2) is 0 Å². The molecule has 0 saturated heterocycles. The first kappa shape index (κ1) is 13.3. The fraction of sp³-hybridized carbons (Fsp3) is 0.235. The molecule has 0 unspecified atom stereocenters. The molecule has 2 aromatic rings. The van der Waals surface area contributed by atoms with Crippen molar-refractivity contribution in [1.82, 2.24) is 0 Å². The van der Waals surface area contributed by atoms with Crippen LogP contribution in [-0.2, 0) is 16.1 Å². The fourth-order valence-corrected chi connectivity index (χ4v) is 1.75. The predicted octanol–water partition coefficient (Wildman–Crippen LogP) is 4.05. The van der Waals surface area contributed by atoms with Crippen LogP contribution in [0.4, 0.5) is 0 Å². The average Bonchev–Trinajstić information content (AvgIpc) is 2.46. The van der Waals surface area contributed by atoms with Crippen LogP contribution in [0.15, 0.2) is 54.6 Å². The van der Waals surface area contributed by atoms with Crippen molar-refractivity contribution in [3.8, 4) is 11.1 Å². The Balaban J connectivity index is 2.01. The van der Waals surface area contributed by atoms with E-state index < -0.39 is 0 Å². The lowest BCUT2D eigenvalue weighted by molar-refractivity contribution is -0.148. The molecular formula is C17H18O2. The van der Waals surface area contributed by atoms with Crippen LogP contribution in [-0.4, -0.2) is 5.97 Å². The van der Waals surface area contributed by atoms with Gasteiger partial charge >= 0.3 is 5.97 Å². The maximum absolute atomic E-state index is 11.4. The van der Waals surface area contributed by atoms with Crippen molar-refractivity contribution < 1.29 is 9.53 Å². The van der Waals surface area contributed by atoms with Crippen LogP contribution < -0.4 is 0 Å². The first-order valence-electron chi connectivity index (χ1n) is 6.48. The molecule has 0 radical (unpaired) electrons. The molecule has 0 heterocycles. The van der Waals surface area contributed by atoms with E-state index in [-0.39, 0.29) is 11.9 Å². The van der Waals surface area contributed by atoms with Gasteiger partial charge in [0.1, 0.15) is 6.61 Å². The van der Waals surface area contributed by atoms with Gasteiger partial charge in [0.2, 0.25) is 0 Å². The largest absolute Gasteiger partial charge is 0.461 e. The highest BCUT2D eigenvalue weighted by Gasteiger charge is 2.08. The number of hydrogen-bond donors (Lipinski definition) is 0. The Morgan fingerprint density at radius 1 is 0.947 bits per heavy atom. The lowest BCUT2D eigenvalue weighted by Gasteiger charge is -2.08. The molecule has 0 spiro atoms. The highest BCUT2D eigenvalue weighted by Crippen LogP contribution is 2.19. The van der Waals surface area contributed by atoms with Gasteiger partial charge in [0.05, 0.1) is 5.92 Å². The lowest BCUT2D eigenvalue weighted by atomic mass is 10.0. The SMILES string of the molecule is CC(C)C(=O)OCc1ccc(-c2ccccc2)cc1. The molecule has 0 N–H and O–H groups in total. The second-order valence-corrected chi connectivity index (χ2v) is 4.83. The maximum atomic E-state index is 11.4. The second kappa shape index (κ2) is 6.19. The highest BCUT2D eigenvalue weighted by atomic mass is 16.5. The average molecular weight is 254 g/mol. The molecule has 2 nitrogen and oxygen atoms in total. The Morgan fingerprint density at radius 3 is 2.11 bits per heavy atom. The number of esters is 1. The Morgan fingerprint density at radius 2 is 1.53 bits per heavy atom. The molecule has 0 amide bonds. The summed E-state index contributed by atoms with van der Waals surface area (Å²) >= 11 is 0. The third-order valence-corrected chi connectivity index (χ3v) is 2.91. The van der Waals surface area contributed by atoms with Gasteiger partial charge in [-0.3, -0.25) is 4.79 Å². The molecule has 0 atom stereocenters. The summed E-state index contributed by atoms with van der Waals surface area (Å²) in [5.74, 6) is -0.240. The molecule has 0 aliphatic heterocycles. The van der Waals surface area contributed by atoms with Gasteiger partial charge in [0, 0.05) is 0 Å². The second-order valence-electron chi connectivity index (χ2n) is 4.83. The summed E-state index contributed by atoms with van der Waals surface area (Å²) in [5, 5.41) is 0.